The van der Waals surface area contributed by atoms with Crippen LogP contribution in [-0.4, -0.2) is 50.1 Å². The van der Waals surface area contributed by atoms with Gasteiger partial charge in [-0.15, -0.1) is 0 Å². The summed E-state index contributed by atoms with van der Waals surface area (Å²) < 4.78 is 5.10. The molecule has 1 aromatic rings. The quantitative estimate of drug-likeness (QED) is 0.786. The topological polar surface area (TPSA) is 57.5 Å². The standard InChI is InChI=1S/C12H19N3O2/c1-10-11(2-9-17-10)12(16)14-5-8-15-6-3-13-4-7-15/h2,9,13H,3-8H2,1H3,(H,14,16). The molecule has 1 aliphatic heterocycles. The van der Waals surface area contributed by atoms with Crippen LogP contribution < -0.4 is 10.6 Å². The van der Waals surface area contributed by atoms with Crippen molar-refractivity contribution in [1.82, 2.24) is 15.5 Å². The van der Waals surface area contributed by atoms with Crippen LogP contribution in [0.3, 0.4) is 0 Å². The van der Waals surface area contributed by atoms with Gasteiger partial charge in [0.15, 0.2) is 0 Å². The fourth-order valence-electron chi connectivity index (χ4n) is 1.98. The van der Waals surface area contributed by atoms with Crippen molar-refractivity contribution in [3.8, 4) is 0 Å². The summed E-state index contributed by atoms with van der Waals surface area (Å²) in [6.07, 6.45) is 1.54. The Balaban J connectivity index is 1.71. The van der Waals surface area contributed by atoms with Crippen molar-refractivity contribution < 1.29 is 9.21 Å². The maximum Gasteiger partial charge on any atom is 0.254 e. The molecule has 5 nitrogen and oxygen atoms in total. The monoisotopic (exact) mass is 237 g/mol. The molecule has 17 heavy (non-hydrogen) atoms. The second-order valence-corrected chi connectivity index (χ2v) is 4.24. The fraction of sp³-hybridized carbons (Fsp3) is 0.583. The molecular weight excluding hydrogens is 218 g/mol. The summed E-state index contributed by atoms with van der Waals surface area (Å²) in [5.74, 6) is 0.621. The molecular formula is C12H19N3O2. The summed E-state index contributed by atoms with van der Waals surface area (Å²) >= 11 is 0. The van der Waals surface area contributed by atoms with Gasteiger partial charge in [-0.1, -0.05) is 0 Å². The zero-order valence-electron chi connectivity index (χ0n) is 10.2. The molecule has 0 bridgehead atoms. The van der Waals surface area contributed by atoms with Gasteiger partial charge in [-0.05, 0) is 13.0 Å². The lowest BCUT2D eigenvalue weighted by atomic mass is 10.2. The second-order valence-electron chi connectivity index (χ2n) is 4.24. The van der Waals surface area contributed by atoms with Gasteiger partial charge in [0.2, 0.25) is 0 Å². The molecule has 1 amide bonds. The van der Waals surface area contributed by atoms with Crippen LogP contribution in [0.15, 0.2) is 16.7 Å². The molecule has 0 radical (unpaired) electrons. The van der Waals surface area contributed by atoms with Gasteiger partial charge < -0.3 is 15.1 Å². The minimum absolute atomic E-state index is 0.0496. The number of furan rings is 1. The van der Waals surface area contributed by atoms with E-state index in [1.165, 1.54) is 0 Å². The number of hydrogen-bond donors (Lipinski definition) is 2. The lowest BCUT2D eigenvalue weighted by Gasteiger charge is -2.27. The van der Waals surface area contributed by atoms with Crippen molar-refractivity contribution in [2.45, 2.75) is 6.92 Å². The van der Waals surface area contributed by atoms with Gasteiger partial charge in [0.05, 0.1) is 11.8 Å². The van der Waals surface area contributed by atoms with Crippen LogP contribution in [-0.2, 0) is 0 Å². The lowest BCUT2D eigenvalue weighted by molar-refractivity contribution is 0.0946. The largest absolute Gasteiger partial charge is 0.469 e. The van der Waals surface area contributed by atoms with E-state index in [4.69, 9.17) is 4.42 Å². The summed E-state index contributed by atoms with van der Waals surface area (Å²) in [6, 6.07) is 1.70. The van der Waals surface area contributed by atoms with Gasteiger partial charge in [-0.3, -0.25) is 9.69 Å². The fourth-order valence-corrected chi connectivity index (χ4v) is 1.98. The number of piperazine rings is 1. The van der Waals surface area contributed by atoms with Gasteiger partial charge in [0, 0.05) is 39.3 Å². The van der Waals surface area contributed by atoms with Crippen LogP contribution in [0.2, 0.25) is 0 Å². The van der Waals surface area contributed by atoms with Crippen LogP contribution in [0.25, 0.3) is 0 Å². The predicted octanol–water partition coefficient (Wildman–Crippen LogP) is 0.223. The van der Waals surface area contributed by atoms with Crippen molar-refractivity contribution in [3.05, 3.63) is 23.7 Å². The summed E-state index contributed by atoms with van der Waals surface area (Å²) in [6.45, 7) is 7.57. The molecule has 0 unspecified atom stereocenters. The third-order valence-electron chi connectivity index (χ3n) is 3.03. The molecule has 1 saturated heterocycles. The lowest BCUT2D eigenvalue weighted by Crippen LogP contribution is -2.46. The first-order chi connectivity index (χ1) is 8.27. The van der Waals surface area contributed by atoms with E-state index < -0.39 is 0 Å². The molecule has 2 heterocycles. The number of carbonyl (C=O) groups is 1. The molecule has 0 aromatic carbocycles. The van der Waals surface area contributed by atoms with Crippen molar-refractivity contribution >= 4 is 5.91 Å². The number of carbonyl (C=O) groups excluding carboxylic acids is 1. The van der Waals surface area contributed by atoms with E-state index in [2.05, 4.69) is 15.5 Å². The summed E-state index contributed by atoms with van der Waals surface area (Å²) in [5, 5.41) is 6.21. The highest BCUT2D eigenvalue weighted by atomic mass is 16.3. The van der Waals surface area contributed by atoms with Gasteiger partial charge in [0.25, 0.3) is 5.91 Å². The average molecular weight is 237 g/mol. The second kappa shape index (κ2) is 5.84. The smallest absolute Gasteiger partial charge is 0.254 e. The Morgan fingerprint density at radius 2 is 2.29 bits per heavy atom. The number of nitrogens with zero attached hydrogens (tertiary/aromatic N) is 1. The maximum atomic E-state index is 11.8. The zero-order chi connectivity index (χ0) is 12.1. The van der Waals surface area contributed by atoms with Crippen LogP contribution in [0.5, 0.6) is 0 Å². The maximum absolute atomic E-state index is 11.8. The highest BCUT2D eigenvalue weighted by Crippen LogP contribution is 2.07. The highest BCUT2D eigenvalue weighted by Gasteiger charge is 2.12. The number of rotatable bonds is 4. The molecule has 0 aliphatic carbocycles. The molecule has 1 aromatic heterocycles. The van der Waals surface area contributed by atoms with Gasteiger partial charge in [-0.25, -0.2) is 0 Å². The van der Waals surface area contributed by atoms with Crippen LogP contribution in [0.4, 0.5) is 0 Å². The van der Waals surface area contributed by atoms with Gasteiger partial charge in [0.1, 0.15) is 5.76 Å². The predicted molar refractivity (Wildman–Crippen MR) is 65.1 cm³/mol. The molecule has 1 aliphatic rings. The molecule has 2 rings (SSSR count). The van der Waals surface area contributed by atoms with Crippen LogP contribution in [0.1, 0.15) is 16.1 Å². The Morgan fingerprint density at radius 1 is 1.53 bits per heavy atom. The minimum atomic E-state index is -0.0496. The molecule has 2 N–H and O–H groups in total. The molecule has 0 atom stereocenters. The van der Waals surface area contributed by atoms with Crippen molar-refractivity contribution in [2.24, 2.45) is 0 Å². The Labute approximate surface area is 101 Å². The Hall–Kier alpha value is -1.33. The molecule has 1 fully saturated rings. The number of aryl methyl sites for hydroxylation is 1. The minimum Gasteiger partial charge on any atom is -0.469 e. The van der Waals surface area contributed by atoms with Crippen LogP contribution in [0, 0.1) is 6.92 Å². The van der Waals surface area contributed by atoms with E-state index in [9.17, 15) is 4.79 Å². The normalized spacial score (nSPS) is 17.0. The number of nitrogens with one attached hydrogen (secondary N) is 2. The Bertz CT molecular complexity index is 370. The van der Waals surface area contributed by atoms with E-state index in [0.29, 0.717) is 17.9 Å². The van der Waals surface area contributed by atoms with Crippen LogP contribution >= 0.6 is 0 Å². The third kappa shape index (κ3) is 3.31. The third-order valence-corrected chi connectivity index (χ3v) is 3.03. The first kappa shape index (κ1) is 12.1. The summed E-state index contributed by atoms with van der Waals surface area (Å²) in [5.41, 5.74) is 0.630. The van der Waals surface area contributed by atoms with Gasteiger partial charge in [-0.2, -0.15) is 0 Å². The van der Waals surface area contributed by atoms with E-state index in [1.807, 2.05) is 0 Å². The highest BCUT2D eigenvalue weighted by molar-refractivity contribution is 5.94. The zero-order valence-corrected chi connectivity index (χ0v) is 10.2. The van der Waals surface area contributed by atoms with Crippen molar-refractivity contribution in [2.75, 3.05) is 39.3 Å². The first-order valence-corrected chi connectivity index (χ1v) is 6.03. The average Bonchev–Trinajstić information content (AvgIpc) is 2.77. The van der Waals surface area contributed by atoms with Gasteiger partial charge >= 0.3 is 0 Å². The molecule has 94 valence electrons. The Morgan fingerprint density at radius 3 is 2.94 bits per heavy atom. The Kier molecular flexibility index (Phi) is 4.17. The van der Waals surface area contributed by atoms with E-state index >= 15 is 0 Å². The molecule has 0 saturated carbocycles. The van der Waals surface area contributed by atoms with E-state index in [1.54, 1.807) is 19.3 Å². The number of hydrogen-bond acceptors (Lipinski definition) is 4. The number of amides is 1. The summed E-state index contributed by atoms with van der Waals surface area (Å²) in [7, 11) is 0. The SMILES string of the molecule is Cc1occc1C(=O)NCCN1CCNCC1. The van der Waals surface area contributed by atoms with Crippen molar-refractivity contribution in [1.29, 1.82) is 0 Å². The van der Waals surface area contributed by atoms with E-state index in [-0.39, 0.29) is 5.91 Å². The summed E-state index contributed by atoms with van der Waals surface area (Å²) in [4.78, 5) is 14.1. The molecule has 5 heteroatoms. The molecule has 0 spiro atoms. The first-order valence-electron chi connectivity index (χ1n) is 6.03. The van der Waals surface area contributed by atoms with Crippen molar-refractivity contribution in [3.63, 3.8) is 0 Å². The van der Waals surface area contributed by atoms with E-state index in [0.717, 1.165) is 32.7 Å².